The summed E-state index contributed by atoms with van der Waals surface area (Å²) in [4.78, 5) is 12.8. The summed E-state index contributed by atoms with van der Waals surface area (Å²) >= 11 is 0. The lowest BCUT2D eigenvalue weighted by Gasteiger charge is -2.12. The van der Waals surface area contributed by atoms with Gasteiger partial charge in [0.25, 0.3) is 5.91 Å². The second-order valence-corrected chi connectivity index (χ2v) is 5.43. The SMILES string of the molecule is COc1cccc(OC)c1C(=O)Nc1oncc1-c1ccc(C)cc1. The number of nitrogens with one attached hydrogen (secondary N) is 1. The molecule has 0 saturated carbocycles. The van der Waals surface area contributed by atoms with Crippen molar-refractivity contribution >= 4 is 11.8 Å². The van der Waals surface area contributed by atoms with Gasteiger partial charge in [0.05, 0.1) is 26.0 Å². The molecule has 0 aliphatic rings. The summed E-state index contributed by atoms with van der Waals surface area (Å²) in [7, 11) is 3.00. The maximum absolute atomic E-state index is 12.8. The quantitative estimate of drug-likeness (QED) is 0.763. The first kappa shape index (κ1) is 16.6. The minimum Gasteiger partial charge on any atom is -0.496 e. The second-order valence-electron chi connectivity index (χ2n) is 5.43. The highest BCUT2D eigenvalue weighted by atomic mass is 16.5. The van der Waals surface area contributed by atoms with Crippen LogP contribution in [-0.4, -0.2) is 25.3 Å². The number of methoxy groups -OCH3 is 2. The Hall–Kier alpha value is -3.28. The van der Waals surface area contributed by atoms with Gasteiger partial charge in [0.15, 0.2) is 0 Å². The van der Waals surface area contributed by atoms with Crippen LogP contribution < -0.4 is 14.8 Å². The van der Waals surface area contributed by atoms with Gasteiger partial charge < -0.3 is 14.0 Å². The maximum atomic E-state index is 12.8. The molecule has 3 rings (SSSR count). The zero-order valence-corrected chi connectivity index (χ0v) is 14.2. The molecule has 0 spiro atoms. The highest BCUT2D eigenvalue weighted by Crippen LogP contribution is 2.32. The van der Waals surface area contributed by atoms with Gasteiger partial charge in [0, 0.05) is 0 Å². The predicted octanol–water partition coefficient (Wildman–Crippen LogP) is 3.92. The van der Waals surface area contributed by atoms with Gasteiger partial charge in [-0.2, -0.15) is 0 Å². The van der Waals surface area contributed by atoms with Gasteiger partial charge in [-0.25, -0.2) is 0 Å². The van der Waals surface area contributed by atoms with Crippen molar-refractivity contribution in [3.63, 3.8) is 0 Å². The van der Waals surface area contributed by atoms with E-state index in [1.807, 2.05) is 31.2 Å². The topological polar surface area (TPSA) is 73.6 Å². The zero-order valence-electron chi connectivity index (χ0n) is 14.2. The minimum atomic E-state index is -0.403. The molecular weight excluding hydrogens is 320 g/mol. The number of rotatable bonds is 5. The Kier molecular flexibility index (Phi) is 4.70. The summed E-state index contributed by atoms with van der Waals surface area (Å²) in [5.41, 5.74) is 3.03. The first-order chi connectivity index (χ1) is 12.1. The van der Waals surface area contributed by atoms with Gasteiger partial charge in [-0.05, 0) is 24.6 Å². The third kappa shape index (κ3) is 3.33. The average Bonchev–Trinajstić information content (AvgIpc) is 3.09. The van der Waals surface area contributed by atoms with Gasteiger partial charge in [0.2, 0.25) is 5.88 Å². The van der Waals surface area contributed by atoms with Crippen LogP contribution in [0.5, 0.6) is 11.5 Å². The monoisotopic (exact) mass is 338 g/mol. The molecule has 0 aliphatic carbocycles. The Morgan fingerprint density at radius 1 is 1.04 bits per heavy atom. The van der Waals surface area contributed by atoms with Gasteiger partial charge in [-0.15, -0.1) is 0 Å². The summed E-state index contributed by atoms with van der Waals surface area (Å²) in [5.74, 6) is 0.683. The van der Waals surface area contributed by atoms with Crippen LogP contribution in [0, 0.1) is 6.92 Å². The van der Waals surface area contributed by atoms with Crippen molar-refractivity contribution < 1.29 is 18.8 Å². The molecule has 1 N–H and O–H groups in total. The van der Waals surface area contributed by atoms with Crippen LogP contribution in [0.1, 0.15) is 15.9 Å². The van der Waals surface area contributed by atoms with Crippen molar-refractivity contribution in [3.05, 3.63) is 59.8 Å². The van der Waals surface area contributed by atoms with Crippen molar-refractivity contribution in [2.24, 2.45) is 0 Å². The Balaban J connectivity index is 1.93. The fourth-order valence-corrected chi connectivity index (χ4v) is 2.51. The van der Waals surface area contributed by atoms with E-state index >= 15 is 0 Å². The normalized spacial score (nSPS) is 10.4. The highest BCUT2D eigenvalue weighted by molar-refractivity contribution is 6.08. The molecule has 0 radical (unpaired) electrons. The molecule has 1 aromatic heterocycles. The van der Waals surface area contributed by atoms with E-state index < -0.39 is 5.91 Å². The number of amides is 1. The molecule has 6 heteroatoms. The number of carbonyl (C=O) groups excluding carboxylic acids is 1. The van der Waals surface area contributed by atoms with Crippen LogP contribution in [-0.2, 0) is 0 Å². The fraction of sp³-hybridized carbons (Fsp3) is 0.158. The first-order valence-electron chi connectivity index (χ1n) is 7.68. The van der Waals surface area contributed by atoms with E-state index in [1.54, 1.807) is 24.4 Å². The van der Waals surface area contributed by atoms with E-state index in [0.717, 1.165) is 11.1 Å². The molecule has 1 heterocycles. The number of aryl methyl sites for hydroxylation is 1. The number of aromatic nitrogens is 1. The van der Waals surface area contributed by atoms with Gasteiger partial charge in [-0.1, -0.05) is 41.1 Å². The number of benzene rings is 2. The number of carbonyl (C=O) groups is 1. The van der Waals surface area contributed by atoms with Crippen molar-refractivity contribution in [3.8, 4) is 22.6 Å². The first-order valence-corrected chi connectivity index (χ1v) is 7.68. The van der Waals surface area contributed by atoms with Crippen LogP contribution in [0.4, 0.5) is 5.88 Å². The smallest absolute Gasteiger partial charge is 0.265 e. The molecule has 3 aromatic rings. The highest BCUT2D eigenvalue weighted by Gasteiger charge is 2.21. The molecule has 0 saturated heterocycles. The molecule has 0 atom stereocenters. The summed E-state index contributed by atoms with van der Waals surface area (Å²) in [5, 5.41) is 6.54. The number of nitrogens with zero attached hydrogens (tertiary/aromatic N) is 1. The molecule has 128 valence electrons. The standard InChI is InChI=1S/C19H18N2O4/c1-12-7-9-13(10-8-12)14-11-20-25-19(14)21-18(22)17-15(23-2)5-4-6-16(17)24-3/h4-11H,1-3H3,(H,21,22). The summed E-state index contributed by atoms with van der Waals surface area (Å²) < 4.78 is 15.8. The zero-order chi connectivity index (χ0) is 17.8. The minimum absolute atomic E-state index is 0.266. The fourth-order valence-electron chi connectivity index (χ4n) is 2.51. The van der Waals surface area contributed by atoms with Gasteiger partial charge in [0.1, 0.15) is 17.1 Å². The maximum Gasteiger partial charge on any atom is 0.265 e. The van der Waals surface area contributed by atoms with Crippen LogP contribution in [0.2, 0.25) is 0 Å². The van der Waals surface area contributed by atoms with Crippen molar-refractivity contribution in [2.45, 2.75) is 6.92 Å². The van der Waals surface area contributed by atoms with Gasteiger partial charge in [-0.3, -0.25) is 10.1 Å². The molecule has 0 unspecified atom stereocenters. The molecule has 2 aromatic carbocycles. The van der Waals surface area contributed by atoms with E-state index in [2.05, 4.69) is 10.5 Å². The number of ether oxygens (including phenoxy) is 2. The molecule has 6 nitrogen and oxygen atoms in total. The summed E-state index contributed by atoms with van der Waals surface area (Å²) in [6.07, 6.45) is 1.57. The molecule has 1 amide bonds. The average molecular weight is 338 g/mol. The molecule has 0 aliphatic heterocycles. The lowest BCUT2D eigenvalue weighted by Crippen LogP contribution is -2.14. The van der Waals surface area contributed by atoms with E-state index in [0.29, 0.717) is 22.6 Å². The predicted molar refractivity (Wildman–Crippen MR) is 94.2 cm³/mol. The number of hydrogen-bond acceptors (Lipinski definition) is 5. The molecule has 0 bridgehead atoms. The number of hydrogen-bond donors (Lipinski definition) is 1. The Morgan fingerprint density at radius 3 is 2.28 bits per heavy atom. The summed E-state index contributed by atoms with van der Waals surface area (Å²) in [6, 6.07) is 13.0. The van der Waals surface area contributed by atoms with Crippen LogP contribution in [0.15, 0.2) is 53.2 Å². The van der Waals surface area contributed by atoms with Crippen molar-refractivity contribution in [2.75, 3.05) is 19.5 Å². The molecular formula is C19H18N2O4. The summed E-state index contributed by atoms with van der Waals surface area (Å²) in [6.45, 7) is 2.01. The third-order valence-electron chi connectivity index (χ3n) is 3.81. The third-order valence-corrected chi connectivity index (χ3v) is 3.81. The van der Waals surface area contributed by atoms with Crippen molar-refractivity contribution in [1.82, 2.24) is 5.16 Å². The van der Waals surface area contributed by atoms with Crippen LogP contribution >= 0.6 is 0 Å². The van der Waals surface area contributed by atoms with E-state index in [9.17, 15) is 4.79 Å². The van der Waals surface area contributed by atoms with E-state index in [-0.39, 0.29) is 5.88 Å². The molecule has 0 fully saturated rings. The lowest BCUT2D eigenvalue weighted by atomic mass is 10.1. The van der Waals surface area contributed by atoms with E-state index in [4.69, 9.17) is 14.0 Å². The van der Waals surface area contributed by atoms with Gasteiger partial charge >= 0.3 is 0 Å². The van der Waals surface area contributed by atoms with E-state index in [1.165, 1.54) is 14.2 Å². The number of anilines is 1. The largest absolute Gasteiger partial charge is 0.496 e. The van der Waals surface area contributed by atoms with Crippen LogP contribution in [0.25, 0.3) is 11.1 Å². The Morgan fingerprint density at radius 2 is 1.68 bits per heavy atom. The van der Waals surface area contributed by atoms with Crippen molar-refractivity contribution in [1.29, 1.82) is 0 Å². The Bertz CT molecular complexity index is 862. The van der Waals surface area contributed by atoms with Crippen LogP contribution in [0.3, 0.4) is 0 Å². The molecule has 25 heavy (non-hydrogen) atoms. The second kappa shape index (κ2) is 7.09. The Labute approximate surface area is 145 Å². The lowest BCUT2D eigenvalue weighted by molar-refractivity contribution is 0.101.